The normalized spacial score (nSPS) is 10.5. The Morgan fingerprint density at radius 2 is 1.95 bits per heavy atom. The topological polar surface area (TPSA) is 35.2 Å². The minimum Gasteiger partial charge on any atom is -0.487 e. The van der Waals surface area contributed by atoms with Gasteiger partial charge in [0.05, 0.1) is 5.02 Å². The first kappa shape index (κ1) is 13.9. The van der Waals surface area contributed by atoms with E-state index in [1.165, 1.54) is 5.56 Å². The number of hydrogen-bond acceptors (Lipinski definition) is 2. The largest absolute Gasteiger partial charge is 0.487 e. The molecule has 0 saturated heterocycles. The van der Waals surface area contributed by atoms with Crippen LogP contribution in [0.4, 0.5) is 0 Å². The van der Waals surface area contributed by atoms with Crippen LogP contribution in [0.1, 0.15) is 16.7 Å². The second-order valence-electron chi connectivity index (χ2n) is 4.58. The van der Waals surface area contributed by atoms with Crippen molar-refractivity contribution in [3.05, 3.63) is 64.2 Å². The molecule has 0 radical (unpaired) electrons. The Bertz CT molecular complexity index is 554. The predicted molar refractivity (Wildman–Crippen MR) is 79.7 cm³/mol. The fourth-order valence-corrected chi connectivity index (χ4v) is 2.20. The average Bonchev–Trinajstić information content (AvgIpc) is 2.38. The van der Waals surface area contributed by atoms with Gasteiger partial charge in [-0.1, -0.05) is 47.5 Å². The average molecular weight is 276 g/mol. The quantitative estimate of drug-likeness (QED) is 0.902. The summed E-state index contributed by atoms with van der Waals surface area (Å²) >= 11 is 6.20. The fraction of sp³-hybridized carbons (Fsp3) is 0.250. The van der Waals surface area contributed by atoms with Crippen molar-refractivity contribution < 1.29 is 4.74 Å². The van der Waals surface area contributed by atoms with E-state index in [4.69, 9.17) is 22.1 Å². The van der Waals surface area contributed by atoms with Crippen molar-refractivity contribution in [2.24, 2.45) is 5.73 Å². The van der Waals surface area contributed by atoms with Gasteiger partial charge < -0.3 is 10.5 Å². The van der Waals surface area contributed by atoms with E-state index in [1.807, 2.05) is 30.3 Å². The van der Waals surface area contributed by atoms with E-state index in [1.54, 1.807) is 0 Å². The first-order valence-corrected chi connectivity index (χ1v) is 6.73. The van der Waals surface area contributed by atoms with Crippen LogP contribution in [0.5, 0.6) is 5.75 Å². The van der Waals surface area contributed by atoms with Gasteiger partial charge in [-0.2, -0.15) is 0 Å². The highest BCUT2D eigenvalue weighted by atomic mass is 35.5. The van der Waals surface area contributed by atoms with Crippen molar-refractivity contribution in [1.82, 2.24) is 0 Å². The summed E-state index contributed by atoms with van der Waals surface area (Å²) in [5, 5.41) is 0.638. The van der Waals surface area contributed by atoms with Gasteiger partial charge >= 0.3 is 0 Å². The molecule has 19 heavy (non-hydrogen) atoms. The Morgan fingerprint density at radius 1 is 1.11 bits per heavy atom. The molecule has 2 aromatic rings. The molecule has 2 N–H and O–H groups in total. The Balaban J connectivity index is 2.03. The van der Waals surface area contributed by atoms with Gasteiger partial charge in [-0.25, -0.2) is 0 Å². The van der Waals surface area contributed by atoms with Gasteiger partial charge in [0.15, 0.2) is 0 Å². The van der Waals surface area contributed by atoms with Crippen LogP contribution in [0.15, 0.2) is 42.5 Å². The van der Waals surface area contributed by atoms with Crippen molar-refractivity contribution in [1.29, 1.82) is 0 Å². The second kappa shape index (κ2) is 6.60. The number of hydrogen-bond donors (Lipinski definition) is 1. The summed E-state index contributed by atoms with van der Waals surface area (Å²) in [5.74, 6) is 0.712. The molecular formula is C16H18ClNO. The molecule has 2 aromatic carbocycles. The van der Waals surface area contributed by atoms with Crippen LogP contribution in [-0.4, -0.2) is 6.54 Å². The first-order valence-electron chi connectivity index (χ1n) is 6.36. The third kappa shape index (κ3) is 3.98. The van der Waals surface area contributed by atoms with Gasteiger partial charge in [-0.3, -0.25) is 0 Å². The lowest BCUT2D eigenvalue weighted by Crippen LogP contribution is -2.03. The van der Waals surface area contributed by atoms with Gasteiger partial charge in [0.1, 0.15) is 12.4 Å². The summed E-state index contributed by atoms with van der Waals surface area (Å²) in [5.41, 5.74) is 9.03. The van der Waals surface area contributed by atoms with E-state index in [0.29, 0.717) is 23.9 Å². The van der Waals surface area contributed by atoms with Crippen LogP contribution < -0.4 is 10.5 Å². The maximum atomic E-state index is 6.20. The molecule has 100 valence electrons. The van der Waals surface area contributed by atoms with E-state index in [2.05, 4.69) is 19.1 Å². The Labute approximate surface area is 119 Å². The lowest BCUT2D eigenvalue weighted by molar-refractivity contribution is 0.306. The molecule has 3 heteroatoms. The molecule has 0 fully saturated rings. The van der Waals surface area contributed by atoms with E-state index >= 15 is 0 Å². The summed E-state index contributed by atoms with van der Waals surface area (Å²) in [4.78, 5) is 0. The van der Waals surface area contributed by atoms with E-state index in [-0.39, 0.29) is 0 Å². The molecule has 0 unspecified atom stereocenters. The third-order valence-corrected chi connectivity index (χ3v) is 3.20. The van der Waals surface area contributed by atoms with Crippen LogP contribution in [-0.2, 0) is 13.0 Å². The molecule has 2 rings (SSSR count). The number of nitrogens with two attached hydrogens (primary N) is 1. The van der Waals surface area contributed by atoms with E-state index < -0.39 is 0 Å². The van der Waals surface area contributed by atoms with Gasteiger partial charge in [-0.15, -0.1) is 0 Å². The molecule has 0 saturated carbocycles. The lowest BCUT2D eigenvalue weighted by atomic mass is 10.1. The lowest BCUT2D eigenvalue weighted by Gasteiger charge is -2.10. The van der Waals surface area contributed by atoms with Gasteiger partial charge in [0.2, 0.25) is 0 Å². The molecule has 0 spiro atoms. The minimum absolute atomic E-state index is 0.525. The highest BCUT2D eigenvalue weighted by Gasteiger charge is 2.03. The molecule has 0 heterocycles. The molecule has 0 aliphatic heterocycles. The van der Waals surface area contributed by atoms with Crippen LogP contribution in [0.25, 0.3) is 0 Å². The smallest absolute Gasteiger partial charge is 0.138 e. The number of halogens is 1. The van der Waals surface area contributed by atoms with Crippen molar-refractivity contribution in [2.45, 2.75) is 20.0 Å². The SMILES string of the molecule is Cc1cccc(COc2ccc(CCN)cc2Cl)c1. The molecule has 0 bridgehead atoms. The minimum atomic E-state index is 0.525. The van der Waals surface area contributed by atoms with Gasteiger partial charge in [-0.05, 0) is 43.1 Å². The van der Waals surface area contributed by atoms with E-state index in [9.17, 15) is 0 Å². The molecular weight excluding hydrogens is 258 g/mol. The van der Waals surface area contributed by atoms with Crippen molar-refractivity contribution in [3.8, 4) is 5.75 Å². The Morgan fingerprint density at radius 3 is 2.63 bits per heavy atom. The summed E-state index contributed by atoms with van der Waals surface area (Å²) in [6, 6.07) is 14.1. The van der Waals surface area contributed by atoms with Crippen LogP contribution in [0.3, 0.4) is 0 Å². The highest BCUT2D eigenvalue weighted by Crippen LogP contribution is 2.26. The van der Waals surface area contributed by atoms with Gasteiger partial charge in [0, 0.05) is 0 Å². The van der Waals surface area contributed by atoms with Crippen molar-refractivity contribution >= 4 is 11.6 Å². The second-order valence-corrected chi connectivity index (χ2v) is 4.99. The number of aryl methyl sites for hydroxylation is 1. The summed E-state index contributed by atoms with van der Waals surface area (Å²) in [7, 11) is 0. The van der Waals surface area contributed by atoms with Crippen LogP contribution in [0.2, 0.25) is 5.02 Å². The zero-order valence-electron chi connectivity index (χ0n) is 11.0. The van der Waals surface area contributed by atoms with Crippen LogP contribution in [0, 0.1) is 6.92 Å². The summed E-state index contributed by atoms with van der Waals surface area (Å²) in [6.07, 6.45) is 0.831. The number of benzene rings is 2. The van der Waals surface area contributed by atoms with Crippen LogP contribution >= 0.6 is 11.6 Å². The number of ether oxygens (including phenoxy) is 1. The van der Waals surface area contributed by atoms with E-state index in [0.717, 1.165) is 17.5 Å². The number of rotatable bonds is 5. The summed E-state index contributed by atoms with van der Waals surface area (Å²) < 4.78 is 5.75. The maximum absolute atomic E-state index is 6.20. The summed E-state index contributed by atoms with van der Waals surface area (Å²) in [6.45, 7) is 3.22. The molecule has 0 atom stereocenters. The predicted octanol–water partition coefficient (Wildman–Crippen LogP) is 3.73. The third-order valence-electron chi connectivity index (χ3n) is 2.91. The van der Waals surface area contributed by atoms with Crippen molar-refractivity contribution in [3.63, 3.8) is 0 Å². The first-order chi connectivity index (χ1) is 9.19. The zero-order valence-corrected chi connectivity index (χ0v) is 11.8. The standard InChI is InChI=1S/C16H18ClNO/c1-12-3-2-4-14(9-12)11-19-16-6-5-13(7-8-18)10-15(16)17/h2-6,9-10H,7-8,11,18H2,1H3. The molecule has 0 aromatic heterocycles. The molecule has 2 nitrogen and oxygen atoms in total. The Kier molecular flexibility index (Phi) is 4.83. The monoisotopic (exact) mass is 275 g/mol. The fourth-order valence-electron chi connectivity index (χ4n) is 1.95. The Hall–Kier alpha value is -1.51. The molecule has 0 aliphatic carbocycles. The zero-order chi connectivity index (χ0) is 13.7. The van der Waals surface area contributed by atoms with Gasteiger partial charge in [0.25, 0.3) is 0 Å². The maximum Gasteiger partial charge on any atom is 0.138 e. The molecule has 0 amide bonds. The molecule has 0 aliphatic rings. The van der Waals surface area contributed by atoms with Crippen molar-refractivity contribution in [2.75, 3.05) is 6.54 Å². The highest BCUT2D eigenvalue weighted by molar-refractivity contribution is 6.32.